The smallest absolute Gasteiger partial charge is 0.190 e. The largest absolute Gasteiger partial charge is 0.356 e. The quantitative estimate of drug-likeness (QED) is 0.239. The number of likely N-dealkylation sites (tertiary alicyclic amines) is 1. The third kappa shape index (κ3) is 7.33. The van der Waals surface area contributed by atoms with E-state index in [4.69, 9.17) is 4.98 Å². The normalized spacial score (nSPS) is 20.9. The lowest BCUT2D eigenvalue weighted by Gasteiger charge is -2.33. The van der Waals surface area contributed by atoms with E-state index in [0.29, 0.717) is 0 Å². The van der Waals surface area contributed by atoms with Crippen molar-refractivity contribution in [2.24, 2.45) is 4.99 Å². The number of thiazole rings is 1. The van der Waals surface area contributed by atoms with Crippen LogP contribution in [0, 0.1) is 0 Å². The number of rotatable bonds is 8. The van der Waals surface area contributed by atoms with Crippen LogP contribution in [0.25, 0.3) is 0 Å². The van der Waals surface area contributed by atoms with Crippen molar-refractivity contribution in [1.82, 2.24) is 20.5 Å². The summed E-state index contributed by atoms with van der Waals surface area (Å²) >= 11 is 1.78. The van der Waals surface area contributed by atoms with Gasteiger partial charge in [0.2, 0.25) is 0 Å². The minimum Gasteiger partial charge on any atom is -0.356 e. The standard InChI is InChI=1S/C20H36N6S.HI/c1-17-8-3-4-12-25(17)15-7-10-22-19(21-2)23-11-9-18-16-27-20(24-18)26-13-5-6-14-26;/h16-17H,3-15H2,1-2H3,(H2,21,22,23);1H. The molecule has 2 saturated heterocycles. The van der Waals surface area contributed by atoms with Crippen LogP contribution in [0.2, 0.25) is 0 Å². The number of hydrogen-bond acceptors (Lipinski definition) is 5. The number of halogens is 1. The lowest BCUT2D eigenvalue weighted by molar-refractivity contribution is 0.159. The molecule has 6 nitrogen and oxygen atoms in total. The summed E-state index contributed by atoms with van der Waals surface area (Å²) in [5.74, 6) is 0.900. The van der Waals surface area contributed by atoms with Gasteiger partial charge in [0.15, 0.2) is 11.1 Å². The molecule has 28 heavy (non-hydrogen) atoms. The minimum absolute atomic E-state index is 0. The van der Waals surface area contributed by atoms with E-state index in [1.807, 2.05) is 7.05 Å². The van der Waals surface area contributed by atoms with Gasteiger partial charge in [0.1, 0.15) is 0 Å². The molecule has 160 valence electrons. The number of nitrogens with zero attached hydrogens (tertiary/aromatic N) is 4. The fourth-order valence-electron chi connectivity index (χ4n) is 3.97. The second-order valence-corrected chi connectivity index (χ2v) is 8.56. The summed E-state index contributed by atoms with van der Waals surface area (Å²) in [6.45, 7) is 8.98. The number of piperidine rings is 1. The second-order valence-electron chi connectivity index (χ2n) is 7.73. The lowest BCUT2D eigenvalue weighted by atomic mass is 10.0. The van der Waals surface area contributed by atoms with Crippen LogP contribution in [-0.2, 0) is 6.42 Å². The van der Waals surface area contributed by atoms with Gasteiger partial charge >= 0.3 is 0 Å². The highest BCUT2D eigenvalue weighted by Crippen LogP contribution is 2.24. The molecule has 8 heteroatoms. The Morgan fingerprint density at radius 3 is 2.68 bits per heavy atom. The SMILES string of the molecule is CN=C(NCCCN1CCCCC1C)NCCc1csc(N2CCCC2)n1.I. The average Bonchev–Trinajstić information content (AvgIpc) is 3.36. The van der Waals surface area contributed by atoms with Gasteiger partial charge in [0.25, 0.3) is 0 Å². The number of nitrogens with one attached hydrogen (secondary N) is 2. The van der Waals surface area contributed by atoms with Crippen LogP contribution < -0.4 is 15.5 Å². The molecule has 2 aliphatic rings. The zero-order valence-electron chi connectivity index (χ0n) is 17.5. The van der Waals surface area contributed by atoms with Gasteiger partial charge < -0.3 is 20.4 Å². The van der Waals surface area contributed by atoms with Gasteiger partial charge in [-0.25, -0.2) is 4.98 Å². The average molecular weight is 521 g/mol. The Bertz CT molecular complexity index is 587. The molecule has 1 atom stereocenters. The molecule has 0 bridgehead atoms. The second kappa shape index (κ2) is 12.8. The summed E-state index contributed by atoms with van der Waals surface area (Å²) in [6.07, 6.45) is 8.81. The van der Waals surface area contributed by atoms with E-state index in [1.165, 1.54) is 56.0 Å². The molecule has 0 amide bonds. The molecule has 2 fully saturated rings. The van der Waals surface area contributed by atoms with E-state index in [2.05, 4.69) is 37.7 Å². The van der Waals surface area contributed by atoms with Crippen LogP contribution in [-0.4, -0.2) is 68.2 Å². The van der Waals surface area contributed by atoms with Gasteiger partial charge in [-0.1, -0.05) is 6.42 Å². The Morgan fingerprint density at radius 1 is 1.18 bits per heavy atom. The Morgan fingerprint density at radius 2 is 1.93 bits per heavy atom. The molecule has 1 aromatic rings. The summed E-state index contributed by atoms with van der Waals surface area (Å²) < 4.78 is 0. The van der Waals surface area contributed by atoms with Crippen molar-refractivity contribution >= 4 is 46.4 Å². The maximum Gasteiger partial charge on any atom is 0.190 e. The zero-order chi connectivity index (χ0) is 18.9. The first-order chi connectivity index (χ1) is 13.3. The number of aromatic nitrogens is 1. The molecule has 0 radical (unpaired) electrons. The first-order valence-electron chi connectivity index (χ1n) is 10.6. The minimum atomic E-state index is 0. The molecule has 1 unspecified atom stereocenters. The molecule has 0 aliphatic carbocycles. The van der Waals surface area contributed by atoms with Crippen LogP contribution in [0.3, 0.4) is 0 Å². The van der Waals surface area contributed by atoms with Crippen molar-refractivity contribution in [3.05, 3.63) is 11.1 Å². The summed E-state index contributed by atoms with van der Waals surface area (Å²) in [4.78, 5) is 14.2. The van der Waals surface area contributed by atoms with E-state index in [0.717, 1.165) is 51.0 Å². The number of guanidine groups is 1. The number of anilines is 1. The van der Waals surface area contributed by atoms with Crippen molar-refractivity contribution in [1.29, 1.82) is 0 Å². The summed E-state index contributed by atoms with van der Waals surface area (Å²) in [5, 5.41) is 10.3. The maximum atomic E-state index is 4.79. The highest BCUT2D eigenvalue weighted by atomic mass is 127. The molecular formula is C20H37IN6S. The summed E-state index contributed by atoms with van der Waals surface area (Å²) in [7, 11) is 1.84. The van der Waals surface area contributed by atoms with E-state index < -0.39 is 0 Å². The highest BCUT2D eigenvalue weighted by Gasteiger charge is 2.17. The van der Waals surface area contributed by atoms with E-state index in [1.54, 1.807) is 11.3 Å². The molecule has 3 rings (SSSR count). The van der Waals surface area contributed by atoms with E-state index in [-0.39, 0.29) is 24.0 Å². The van der Waals surface area contributed by atoms with Crippen LogP contribution in [0.5, 0.6) is 0 Å². The molecule has 0 spiro atoms. The first-order valence-corrected chi connectivity index (χ1v) is 11.5. The van der Waals surface area contributed by atoms with Gasteiger partial charge in [0, 0.05) is 57.6 Å². The molecule has 1 aromatic heterocycles. The Kier molecular flexibility index (Phi) is 10.9. The van der Waals surface area contributed by atoms with Crippen LogP contribution >= 0.6 is 35.3 Å². The molecule has 2 aliphatic heterocycles. The van der Waals surface area contributed by atoms with Gasteiger partial charge in [0.05, 0.1) is 5.69 Å². The van der Waals surface area contributed by atoms with Crippen LogP contribution in [0.4, 0.5) is 5.13 Å². The Hall–Kier alpha value is -0.610. The number of hydrogen-bond donors (Lipinski definition) is 2. The van der Waals surface area contributed by atoms with E-state index in [9.17, 15) is 0 Å². The Balaban J connectivity index is 0.00000280. The summed E-state index contributed by atoms with van der Waals surface area (Å²) in [6, 6.07) is 0.750. The van der Waals surface area contributed by atoms with Crippen molar-refractivity contribution < 1.29 is 0 Å². The third-order valence-corrected chi connectivity index (χ3v) is 6.62. The van der Waals surface area contributed by atoms with Gasteiger partial charge in [-0.05, 0) is 45.6 Å². The van der Waals surface area contributed by atoms with Crippen LogP contribution in [0.15, 0.2) is 10.4 Å². The fourth-order valence-corrected chi connectivity index (χ4v) is 4.89. The first kappa shape index (κ1) is 23.7. The topological polar surface area (TPSA) is 55.8 Å². The predicted octanol–water partition coefficient (Wildman–Crippen LogP) is 3.33. The molecule has 0 aromatic carbocycles. The third-order valence-electron chi connectivity index (χ3n) is 5.67. The molecule has 2 N–H and O–H groups in total. The van der Waals surface area contributed by atoms with E-state index >= 15 is 0 Å². The van der Waals surface area contributed by atoms with Gasteiger partial charge in [-0.2, -0.15) is 0 Å². The lowest BCUT2D eigenvalue weighted by Crippen LogP contribution is -2.41. The van der Waals surface area contributed by atoms with Crippen LogP contribution in [0.1, 0.15) is 51.1 Å². The van der Waals surface area contributed by atoms with Crippen molar-refractivity contribution in [3.63, 3.8) is 0 Å². The van der Waals surface area contributed by atoms with Crippen molar-refractivity contribution in [2.75, 3.05) is 51.2 Å². The zero-order valence-corrected chi connectivity index (χ0v) is 20.6. The summed E-state index contributed by atoms with van der Waals surface area (Å²) in [5.41, 5.74) is 1.18. The monoisotopic (exact) mass is 520 g/mol. The molecular weight excluding hydrogens is 483 g/mol. The van der Waals surface area contributed by atoms with Crippen molar-refractivity contribution in [2.45, 2.75) is 57.9 Å². The predicted molar refractivity (Wildman–Crippen MR) is 132 cm³/mol. The molecule has 3 heterocycles. The maximum absolute atomic E-state index is 4.79. The van der Waals surface area contributed by atoms with Gasteiger partial charge in [-0.15, -0.1) is 35.3 Å². The Labute approximate surface area is 191 Å². The highest BCUT2D eigenvalue weighted by molar-refractivity contribution is 14.0. The number of aliphatic imine (C=N–C) groups is 1. The fraction of sp³-hybridized carbons (Fsp3) is 0.800. The van der Waals surface area contributed by atoms with Gasteiger partial charge in [-0.3, -0.25) is 4.99 Å². The van der Waals surface area contributed by atoms with Crippen molar-refractivity contribution in [3.8, 4) is 0 Å². The molecule has 0 saturated carbocycles.